The van der Waals surface area contributed by atoms with Crippen molar-refractivity contribution in [3.05, 3.63) is 29.3 Å². The Hall–Kier alpha value is -1.71. The van der Waals surface area contributed by atoms with E-state index in [0.29, 0.717) is 0 Å². The zero-order valence-corrected chi connectivity index (χ0v) is 11.1. The number of hydrogen-bond donors (Lipinski definition) is 2. The summed E-state index contributed by atoms with van der Waals surface area (Å²) < 4.78 is 0. The van der Waals surface area contributed by atoms with Gasteiger partial charge in [-0.15, -0.1) is 0 Å². The summed E-state index contributed by atoms with van der Waals surface area (Å²) in [5, 5.41) is 6.18. The molecule has 2 rings (SSSR count). The highest BCUT2D eigenvalue weighted by atomic mass is 16.2. The highest BCUT2D eigenvalue weighted by Gasteiger charge is 2.18. The summed E-state index contributed by atoms with van der Waals surface area (Å²) >= 11 is 0. The third-order valence-corrected chi connectivity index (χ3v) is 3.39. The van der Waals surface area contributed by atoms with Gasteiger partial charge in [0.2, 0.25) is 0 Å². The normalized spacial score (nSPS) is 14.8. The Morgan fingerprint density at radius 1 is 1.44 bits per heavy atom. The fourth-order valence-corrected chi connectivity index (χ4v) is 2.22. The van der Waals surface area contributed by atoms with Crippen molar-refractivity contribution in [2.45, 2.75) is 20.3 Å². The van der Waals surface area contributed by atoms with Gasteiger partial charge in [-0.2, -0.15) is 0 Å². The Bertz CT molecular complexity index is 431. The molecule has 0 atom stereocenters. The average molecular weight is 247 g/mol. The smallest absolute Gasteiger partial charge is 0.317 e. The number of nitrogens with zero attached hydrogens (tertiary/aromatic N) is 1. The third kappa shape index (κ3) is 2.94. The maximum Gasteiger partial charge on any atom is 0.317 e. The maximum absolute atomic E-state index is 11.3. The van der Waals surface area contributed by atoms with Gasteiger partial charge in [0, 0.05) is 31.9 Å². The number of carbonyl (C=O) groups is 1. The van der Waals surface area contributed by atoms with E-state index in [-0.39, 0.29) is 6.03 Å². The first-order valence-electron chi connectivity index (χ1n) is 6.57. The van der Waals surface area contributed by atoms with E-state index in [4.69, 9.17) is 0 Å². The summed E-state index contributed by atoms with van der Waals surface area (Å²) in [4.78, 5) is 13.2. The molecule has 0 saturated carbocycles. The van der Waals surface area contributed by atoms with Crippen LogP contribution < -0.4 is 10.6 Å². The molecule has 0 spiro atoms. The fourth-order valence-electron chi connectivity index (χ4n) is 2.22. The molecule has 4 heteroatoms. The topological polar surface area (TPSA) is 44.4 Å². The van der Waals surface area contributed by atoms with Crippen LogP contribution in [-0.2, 0) is 6.42 Å². The van der Waals surface area contributed by atoms with Gasteiger partial charge < -0.3 is 15.5 Å². The van der Waals surface area contributed by atoms with E-state index in [0.717, 1.165) is 38.3 Å². The zero-order chi connectivity index (χ0) is 13.0. The van der Waals surface area contributed by atoms with E-state index in [9.17, 15) is 4.79 Å². The van der Waals surface area contributed by atoms with Gasteiger partial charge in [0.1, 0.15) is 0 Å². The molecule has 1 saturated heterocycles. The Balaban J connectivity index is 1.84. The first-order chi connectivity index (χ1) is 8.70. The quantitative estimate of drug-likeness (QED) is 0.836. The van der Waals surface area contributed by atoms with Crippen molar-refractivity contribution < 1.29 is 4.79 Å². The van der Waals surface area contributed by atoms with Crippen LogP contribution in [0.3, 0.4) is 0 Å². The highest BCUT2D eigenvalue weighted by Crippen LogP contribution is 2.15. The fraction of sp³-hybridized carbons (Fsp3) is 0.500. The second-order valence-corrected chi connectivity index (χ2v) is 4.64. The molecule has 1 aromatic rings. The molecule has 98 valence electrons. The van der Waals surface area contributed by atoms with Crippen LogP contribution in [0.2, 0.25) is 0 Å². The largest absolute Gasteiger partial charge is 0.383 e. The van der Waals surface area contributed by atoms with Crippen LogP contribution in [0.15, 0.2) is 18.2 Å². The molecular formula is C14H21N3O. The number of rotatable bonds is 5. The number of benzene rings is 1. The van der Waals surface area contributed by atoms with Crippen molar-refractivity contribution in [2.24, 2.45) is 0 Å². The van der Waals surface area contributed by atoms with E-state index in [1.54, 1.807) is 0 Å². The molecule has 0 unspecified atom stereocenters. The molecule has 1 fully saturated rings. The second kappa shape index (κ2) is 5.76. The minimum Gasteiger partial charge on any atom is -0.383 e. The van der Waals surface area contributed by atoms with E-state index in [2.05, 4.69) is 42.7 Å². The van der Waals surface area contributed by atoms with Gasteiger partial charge in [0.25, 0.3) is 0 Å². The van der Waals surface area contributed by atoms with Crippen molar-refractivity contribution in [3.8, 4) is 0 Å². The molecule has 4 nitrogen and oxygen atoms in total. The molecule has 1 aliphatic rings. The first kappa shape index (κ1) is 12.7. The van der Waals surface area contributed by atoms with Crippen LogP contribution in [0.25, 0.3) is 0 Å². The molecule has 1 aliphatic heterocycles. The standard InChI is InChI=1S/C14H21N3O/c1-3-12-10-13(5-4-11(12)2)15-6-8-17-9-7-16-14(17)18/h4-5,10,15H,3,6-9H2,1-2H3,(H,16,18). The van der Waals surface area contributed by atoms with E-state index in [1.165, 1.54) is 11.1 Å². The monoisotopic (exact) mass is 247 g/mol. The van der Waals surface area contributed by atoms with Crippen molar-refractivity contribution in [1.82, 2.24) is 10.2 Å². The lowest BCUT2D eigenvalue weighted by Gasteiger charge is -2.15. The van der Waals surface area contributed by atoms with E-state index in [1.807, 2.05) is 4.90 Å². The number of aryl methyl sites for hydroxylation is 2. The molecule has 1 heterocycles. The van der Waals surface area contributed by atoms with Gasteiger partial charge in [-0.3, -0.25) is 0 Å². The Labute approximate surface area is 108 Å². The average Bonchev–Trinajstić information content (AvgIpc) is 2.77. The molecule has 1 aromatic carbocycles. The molecule has 2 amide bonds. The summed E-state index contributed by atoms with van der Waals surface area (Å²) in [6.07, 6.45) is 1.05. The number of carbonyl (C=O) groups excluding carboxylic acids is 1. The van der Waals surface area contributed by atoms with E-state index >= 15 is 0 Å². The van der Waals surface area contributed by atoms with Crippen LogP contribution in [0.5, 0.6) is 0 Å². The predicted octanol–water partition coefficient (Wildman–Crippen LogP) is 1.99. The van der Waals surface area contributed by atoms with Crippen molar-refractivity contribution >= 4 is 11.7 Å². The Morgan fingerprint density at radius 2 is 2.28 bits per heavy atom. The van der Waals surface area contributed by atoms with Crippen molar-refractivity contribution in [3.63, 3.8) is 0 Å². The van der Waals surface area contributed by atoms with Gasteiger partial charge in [-0.25, -0.2) is 4.79 Å². The number of nitrogens with one attached hydrogen (secondary N) is 2. The van der Waals surface area contributed by atoms with Crippen LogP contribution in [0.1, 0.15) is 18.1 Å². The van der Waals surface area contributed by atoms with Gasteiger partial charge in [-0.05, 0) is 36.6 Å². The lowest BCUT2D eigenvalue weighted by atomic mass is 10.1. The van der Waals surface area contributed by atoms with Gasteiger partial charge >= 0.3 is 6.03 Å². The van der Waals surface area contributed by atoms with Crippen LogP contribution in [0, 0.1) is 6.92 Å². The molecular weight excluding hydrogens is 226 g/mol. The molecule has 0 aromatic heterocycles. The summed E-state index contributed by atoms with van der Waals surface area (Å²) in [6, 6.07) is 6.48. The Kier molecular flexibility index (Phi) is 4.07. The van der Waals surface area contributed by atoms with Crippen LogP contribution in [0.4, 0.5) is 10.5 Å². The molecule has 0 bridgehead atoms. The second-order valence-electron chi connectivity index (χ2n) is 4.64. The maximum atomic E-state index is 11.3. The minimum atomic E-state index is 0.0509. The summed E-state index contributed by atoms with van der Waals surface area (Å²) in [7, 11) is 0. The number of hydrogen-bond acceptors (Lipinski definition) is 2. The number of anilines is 1. The zero-order valence-electron chi connectivity index (χ0n) is 11.1. The lowest BCUT2D eigenvalue weighted by molar-refractivity contribution is 0.219. The third-order valence-electron chi connectivity index (χ3n) is 3.39. The SMILES string of the molecule is CCc1cc(NCCN2CCNC2=O)ccc1C. The summed E-state index contributed by atoms with van der Waals surface area (Å²) in [6.45, 7) is 7.43. The molecule has 18 heavy (non-hydrogen) atoms. The van der Waals surface area contributed by atoms with Gasteiger partial charge in [0.05, 0.1) is 0 Å². The highest BCUT2D eigenvalue weighted by molar-refractivity contribution is 5.76. The van der Waals surface area contributed by atoms with Crippen molar-refractivity contribution in [2.75, 3.05) is 31.5 Å². The predicted molar refractivity (Wildman–Crippen MR) is 74.0 cm³/mol. The van der Waals surface area contributed by atoms with Crippen molar-refractivity contribution in [1.29, 1.82) is 0 Å². The van der Waals surface area contributed by atoms with Crippen LogP contribution in [-0.4, -0.2) is 37.1 Å². The minimum absolute atomic E-state index is 0.0509. The van der Waals surface area contributed by atoms with Gasteiger partial charge in [-0.1, -0.05) is 13.0 Å². The summed E-state index contributed by atoms with van der Waals surface area (Å²) in [5.41, 5.74) is 3.85. The molecule has 0 aliphatic carbocycles. The molecule has 0 radical (unpaired) electrons. The number of amides is 2. The Morgan fingerprint density at radius 3 is 2.94 bits per heavy atom. The summed E-state index contributed by atoms with van der Waals surface area (Å²) in [5.74, 6) is 0. The lowest BCUT2D eigenvalue weighted by Crippen LogP contribution is -2.32. The first-order valence-corrected chi connectivity index (χ1v) is 6.57. The van der Waals surface area contributed by atoms with Gasteiger partial charge in [0.15, 0.2) is 0 Å². The number of urea groups is 1. The van der Waals surface area contributed by atoms with Crippen LogP contribution >= 0.6 is 0 Å². The molecule has 2 N–H and O–H groups in total. The van der Waals surface area contributed by atoms with E-state index < -0.39 is 0 Å².